The van der Waals surface area contributed by atoms with Crippen LogP contribution in [0.4, 0.5) is 0 Å². The first-order valence-corrected chi connectivity index (χ1v) is 11.1. The fourth-order valence-electron chi connectivity index (χ4n) is 5.11. The van der Waals surface area contributed by atoms with Crippen molar-refractivity contribution in [2.24, 2.45) is 23.7 Å². The van der Waals surface area contributed by atoms with Gasteiger partial charge >= 0.3 is 0 Å². The van der Waals surface area contributed by atoms with Crippen LogP contribution in [-0.4, -0.2) is 0 Å². The van der Waals surface area contributed by atoms with Gasteiger partial charge in [-0.2, -0.15) is 5.26 Å². The van der Waals surface area contributed by atoms with Gasteiger partial charge in [-0.05, 0) is 62.2 Å². The van der Waals surface area contributed by atoms with Crippen molar-refractivity contribution in [1.82, 2.24) is 0 Å². The van der Waals surface area contributed by atoms with Crippen LogP contribution in [0.3, 0.4) is 0 Å². The van der Waals surface area contributed by atoms with E-state index in [0.29, 0.717) is 0 Å². The van der Waals surface area contributed by atoms with Crippen molar-refractivity contribution in [3.05, 3.63) is 24.3 Å². The van der Waals surface area contributed by atoms with Gasteiger partial charge in [0.2, 0.25) is 0 Å². The molecule has 0 radical (unpaired) electrons. The van der Waals surface area contributed by atoms with E-state index in [0.717, 1.165) is 23.7 Å². The average Bonchev–Trinajstić information content (AvgIpc) is 2.66. The summed E-state index contributed by atoms with van der Waals surface area (Å²) in [4.78, 5) is 0. The van der Waals surface area contributed by atoms with Crippen molar-refractivity contribution >= 4 is 0 Å². The smallest absolute Gasteiger partial charge is 0.0912 e. The van der Waals surface area contributed by atoms with Crippen molar-refractivity contribution in [3.8, 4) is 6.07 Å². The topological polar surface area (TPSA) is 23.8 Å². The van der Waals surface area contributed by atoms with Crippen LogP contribution in [0, 0.1) is 35.0 Å². The quantitative estimate of drug-likeness (QED) is 0.241. The summed E-state index contributed by atoms with van der Waals surface area (Å²) in [5.41, 5.74) is 0. The standard InChI is InChI=1S/C24H39N/c1-2-3-4-5-7-10-21-12-16-23(17-13-21)24-18-14-22(15-19-24)11-8-6-9-20-25/h6,8-9,11,21-24H,2-5,7,10,12-19H2,1H3/b9-6+,11-8+. The monoisotopic (exact) mass is 341 g/mol. The molecule has 0 amide bonds. The van der Waals surface area contributed by atoms with E-state index >= 15 is 0 Å². The molecule has 2 aliphatic rings. The highest BCUT2D eigenvalue weighted by Crippen LogP contribution is 2.42. The number of hydrogen-bond acceptors (Lipinski definition) is 1. The second kappa shape index (κ2) is 12.3. The number of rotatable bonds is 9. The Morgan fingerprint density at radius 3 is 2.08 bits per heavy atom. The lowest BCUT2D eigenvalue weighted by atomic mass is 9.68. The van der Waals surface area contributed by atoms with Gasteiger partial charge in [0.05, 0.1) is 6.07 Å². The van der Waals surface area contributed by atoms with Crippen molar-refractivity contribution < 1.29 is 0 Å². The van der Waals surface area contributed by atoms with E-state index in [1.807, 2.05) is 12.1 Å². The van der Waals surface area contributed by atoms with Gasteiger partial charge in [-0.3, -0.25) is 0 Å². The summed E-state index contributed by atoms with van der Waals surface area (Å²) >= 11 is 0. The molecule has 0 N–H and O–H groups in total. The maximum absolute atomic E-state index is 8.51. The van der Waals surface area contributed by atoms with E-state index in [-0.39, 0.29) is 0 Å². The molecule has 0 aromatic heterocycles. The van der Waals surface area contributed by atoms with Crippen LogP contribution in [0.15, 0.2) is 24.3 Å². The highest BCUT2D eigenvalue weighted by molar-refractivity contribution is 5.12. The van der Waals surface area contributed by atoms with Crippen molar-refractivity contribution in [2.75, 3.05) is 0 Å². The summed E-state index contributed by atoms with van der Waals surface area (Å²) in [6.45, 7) is 2.30. The number of nitrogens with zero attached hydrogens (tertiary/aromatic N) is 1. The summed E-state index contributed by atoms with van der Waals surface area (Å²) in [6.07, 6.45) is 28.1. The molecule has 0 bridgehead atoms. The summed E-state index contributed by atoms with van der Waals surface area (Å²) in [6, 6.07) is 2.05. The molecule has 140 valence electrons. The maximum Gasteiger partial charge on any atom is 0.0912 e. The molecule has 0 saturated heterocycles. The van der Waals surface area contributed by atoms with Crippen LogP contribution in [0.5, 0.6) is 0 Å². The fraction of sp³-hybridized carbons (Fsp3) is 0.792. The van der Waals surface area contributed by atoms with Gasteiger partial charge in [0.1, 0.15) is 0 Å². The lowest BCUT2D eigenvalue weighted by molar-refractivity contribution is 0.151. The SMILES string of the molecule is CCCCCCCC1CCC(C2CCC(/C=C/C=C/C#N)CC2)CC1. The molecular weight excluding hydrogens is 302 g/mol. The summed E-state index contributed by atoms with van der Waals surface area (Å²) < 4.78 is 0. The molecule has 0 aliphatic heterocycles. The predicted molar refractivity (Wildman–Crippen MR) is 108 cm³/mol. The van der Waals surface area contributed by atoms with Gasteiger partial charge in [0.15, 0.2) is 0 Å². The summed E-state index contributed by atoms with van der Waals surface area (Å²) in [5.74, 6) is 3.83. The summed E-state index contributed by atoms with van der Waals surface area (Å²) in [5, 5.41) is 8.51. The molecule has 0 heterocycles. The first-order chi connectivity index (χ1) is 12.3. The second-order valence-corrected chi connectivity index (χ2v) is 8.53. The van der Waals surface area contributed by atoms with Gasteiger partial charge in [-0.15, -0.1) is 0 Å². The minimum atomic E-state index is 0.749. The number of nitriles is 1. The van der Waals surface area contributed by atoms with Gasteiger partial charge in [0.25, 0.3) is 0 Å². The van der Waals surface area contributed by atoms with E-state index in [1.165, 1.54) is 89.9 Å². The highest BCUT2D eigenvalue weighted by Gasteiger charge is 2.30. The molecule has 0 unspecified atom stereocenters. The van der Waals surface area contributed by atoms with Crippen LogP contribution in [0.2, 0.25) is 0 Å². The van der Waals surface area contributed by atoms with E-state index in [1.54, 1.807) is 6.08 Å². The van der Waals surface area contributed by atoms with Crippen LogP contribution in [0.1, 0.15) is 96.8 Å². The second-order valence-electron chi connectivity index (χ2n) is 8.53. The van der Waals surface area contributed by atoms with Gasteiger partial charge < -0.3 is 0 Å². The van der Waals surface area contributed by atoms with E-state index in [2.05, 4.69) is 19.1 Å². The van der Waals surface area contributed by atoms with Gasteiger partial charge in [-0.25, -0.2) is 0 Å². The normalized spacial score (nSPS) is 30.7. The summed E-state index contributed by atoms with van der Waals surface area (Å²) in [7, 11) is 0. The predicted octanol–water partition coefficient (Wildman–Crippen LogP) is 7.60. The lowest BCUT2D eigenvalue weighted by Crippen LogP contribution is -2.25. The first kappa shape index (κ1) is 20.3. The minimum Gasteiger partial charge on any atom is -0.193 e. The van der Waals surface area contributed by atoms with Crippen molar-refractivity contribution in [3.63, 3.8) is 0 Å². The first-order valence-electron chi connectivity index (χ1n) is 11.1. The fourth-order valence-corrected chi connectivity index (χ4v) is 5.11. The van der Waals surface area contributed by atoms with E-state index in [9.17, 15) is 0 Å². The van der Waals surface area contributed by atoms with Crippen LogP contribution < -0.4 is 0 Å². The molecule has 25 heavy (non-hydrogen) atoms. The Bertz CT molecular complexity index is 426. The number of unbranched alkanes of at least 4 members (excludes halogenated alkanes) is 4. The molecule has 2 saturated carbocycles. The van der Waals surface area contributed by atoms with Gasteiger partial charge in [-0.1, -0.05) is 76.5 Å². The maximum atomic E-state index is 8.51. The Morgan fingerprint density at radius 1 is 0.800 bits per heavy atom. The van der Waals surface area contributed by atoms with Crippen molar-refractivity contribution in [2.45, 2.75) is 96.8 Å². The lowest BCUT2D eigenvalue weighted by Gasteiger charge is -2.37. The zero-order valence-electron chi connectivity index (χ0n) is 16.5. The molecular formula is C24H39N. The molecule has 0 atom stereocenters. The molecule has 0 aromatic rings. The largest absolute Gasteiger partial charge is 0.193 e. The van der Waals surface area contributed by atoms with Crippen LogP contribution in [-0.2, 0) is 0 Å². The van der Waals surface area contributed by atoms with E-state index < -0.39 is 0 Å². The molecule has 2 aliphatic carbocycles. The number of hydrogen-bond donors (Lipinski definition) is 0. The molecule has 2 rings (SSSR count). The third-order valence-electron chi connectivity index (χ3n) is 6.76. The molecule has 1 nitrogen and oxygen atoms in total. The zero-order chi connectivity index (χ0) is 17.7. The van der Waals surface area contributed by atoms with Crippen molar-refractivity contribution in [1.29, 1.82) is 5.26 Å². The number of allylic oxidation sites excluding steroid dienone is 4. The minimum absolute atomic E-state index is 0.749. The molecule has 1 heteroatoms. The van der Waals surface area contributed by atoms with Crippen LogP contribution >= 0.6 is 0 Å². The molecule has 2 fully saturated rings. The molecule has 0 spiro atoms. The van der Waals surface area contributed by atoms with Gasteiger partial charge in [0, 0.05) is 6.08 Å². The third kappa shape index (κ3) is 7.81. The Labute approximate surface area is 156 Å². The average molecular weight is 342 g/mol. The highest BCUT2D eigenvalue weighted by atomic mass is 14.4. The third-order valence-corrected chi connectivity index (χ3v) is 6.76. The Hall–Kier alpha value is -1.03. The molecule has 0 aromatic carbocycles. The Balaban J connectivity index is 1.58. The Kier molecular flexibility index (Phi) is 10.0. The Morgan fingerprint density at radius 2 is 1.44 bits per heavy atom. The van der Waals surface area contributed by atoms with Crippen LogP contribution in [0.25, 0.3) is 0 Å². The zero-order valence-corrected chi connectivity index (χ0v) is 16.5. The van der Waals surface area contributed by atoms with E-state index in [4.69, 9.17) is 5.26 Å².